The number of rotatable bonds is 3. The summed E-state index contributed by atoms with van der Waals surface area (Å²) in [5, 5.41) is 1.14. The van der Waals surface area contributed by atoms with Crippen LogP contribution in [0.1, 0.15) is 23.3 Å². The number of halogens is 1. The third-order valence-corrected chi connectivity index (χ3v) is 3.65. The Morgan fingerprint density at radius 3 is 2.76 bits per heavy atom. The van der Waals surface area contributed by atoms with Crippen LogP contribution in [-0.2, 0) is 23.6 Å². The van der Waals surface area contributed by atoms with Gasteiger partial charge in [-0.2, -0.15) is 0 Å². The second kappa shape index (κ2) is 4.97. The molecule has 1 aromatic heterocycles. The molecule has 89 valence electrons. The van der Waals surface area contributed by atoms with Crippen LogP contribution in [0.25, 0.3) is 10.9 Å². The van der Waals surface area contributed by atoms with E-state index in [1.165, 1.54) is 12.8 Å². The van der Waals surface area contributed by atoms with Crippen molar-refractivity contribution in [2.45, 2.75) is 19.4 Å². The van der Waals surface area contributed by atoms with E-state index in [1.807, 2.05) is 12.1 Å². The van der Waals surface area contributed by atoms with Gasteiger partial charge in [0.15, 0.2) is 6.29 Å². The molecule has 17 heavy (non-hydrogen) atoms. The summed E-state index contributed by atoms with van der Waals surface area (Å²) in [6.45, 7) is 0.980. The van der Waals surface area contributed by atoms with Gasteiger partial charge in [-0.15, -0.1) is 0 Å². The zero-order valence-corrected chi connectivity index (χ0v) is 12.0. The summed E-state index contributed by atoms with van der Waals surface area (Å²) in [6, 6.07) is 8.12. The number of hydrogen-bond acceptors (Lipinski definition) is 1. The van der Waals surface area contributed by atoms with Crippen LogP contribution in [-0.4, -0.2) is 10.9 Å². The second-order valence-corrected chi connectivity index (χ2v) is 5.36. The molecular weight excluding hydrogens is 321 g/mol. The Labute approximate surface area is 119 Å². The molecule has 3 rings (SSSR count). The SMILES string of the molecule is O=Cc1cc2ccc(Br)cc2n1CC1CC1.[Mn]. The number of nitrogens with zero attached hydrogens (tertiary/aromatic N) is 1. The monoisotopic (exact) mass is 332 g/mol. The van der Waals surface area contributed by atoms with Crippen LogP contribution in [0.4, 0.5) is 0 Å². The molecule has 1 saturated carbocycles. The van der Waals surface area contributed by atoms with Gasteiger partial charge in [-0.05, 0) is 37.0 Å². The molecule has 0 unspecified atom stereocenters. The molecule has 2 nitrogen and oxygen atoms in total. The molecular formula is C13H12BrMnNO. The number of aldehydes is 1. The first-order valence-electron chi connectivity index (χ1n) is 5.52. The minimum absolute atomic E-state index is 0. The average molecular weight is 333 g/mol. The van der Waals surface area contributed by atoms with Crippen LogP contribution in [0.15, 0.2) is 28.7 Å². The van der Waals surface area contributed by atoms with E-state index in [-0.39, 0.29) is 17.1 Å². The first kappa shape index (κ1) is 12.9. The first-order chi connectivity index (χ1) is 7.78. The van der Waals surface area contributed by atoms with Crippen LogP contribution in [0.5, 0.6) is 0 Å². The van der Waals surface area contributed by atoms with Crippen LogP contribution in [0.2, 0.25) is 0 Å². The fourth-order valence-electron chi connectivity index (χ4n) is 2.11. The predicted octanol–water partition coefficient (Wildman–Crippen LogP) is 3.62. The molecule has 1 aliphatic rings. The van der Waals surface area contributed by atoms with Crippen LogP contribution in [0.3, 0.4) is 0 Å². The Bertz CT molecular complexity index is 560. The topological polar surface area (TPSA) is 22.0 Å². The minimum atomic E-state index is 0. The summed E-state index contributed by atoms with van der Waals surface area (Å²) in [7, 11) is 0. The maximum atomic E-state index is 11.1. The molecule has 1 aliphatic carbocycles. The third kappa shape index (κ3) is 2.49. The van der Waals surface area contributed by atoms with Gasteiger partial charge in [0, 0.05) is 39.0 Å². The molecule has 0 N–H and O–H groups in total. The Hall–Kier alpha value is -0.571. The summed E-state index contributed by atoms with van der Waals surface area (Å²) in [6.07, 6.45) is 3.55. The van der Waals surface area contributed by atoms with Crippen LogP contribution >= 0.6 is 15.9 Å². The zero-order valence-electron chi connectivity index (χ0n) is 9.20. The van der Waals surface area contributed by atoms with E-state index < -0.39 is 0 Å². The van der Waals surface area contributed by atoms with Crippen molar-refractivity contribution in [3.05, 3.63) is 34.4 Å². The summed E-state index contributed by atoms with van der Waals surface area (Å²) < 4.78 is 3.21. The molecule has 0 spiro atoms. The number of carbonyl (C=O) groups is 1. The Kier molecular flexibility index (Phi) is 3.76. The third-order valence-electron chi connectivity index (χ3n) is 3.16. The number of benzene rings is 1. The smallest absolute Gasteiger partial charge is 0.166 e. The van der Waals surface area contributed by atoms with Gasteiger partial charge < -0.3 is 4.57 Å². The molecule has 0 atom stereocenters. The van der Waals surface area contributed by atoms with Crippen molar-refractivity contribution < 1.29 is 21.9 Å². The van der Waals surface area contributed by atoms with Gasteiger partial charge in [0.1, 0.15) is 0 Å². The molecule has 0 aliphatic heterocycles. The largest absolute Gasteiger partial charge is 0.338 e. The summed E-state index contributed by atoms with van der Waals surface area (Å²) in [5.41, 5.74) is 1.95. The Morgan fingerprint density at radius 1 is 1.35 bits per heavy atom. The van der Waals surface area contributed by atoms with Crippen molar-refractivity contribution in [2.75, 3.05) is 0 Å². The van der Waals surface area contributed by atoms with Crippen molar-refractivity contribution in [3.8, 4) is 0 Å². The van der Waals surface area contributed by atoms with E-state index in [9.17, 15) is 4.79 Å². The second-order valence-electron chi connectivity index (χ2n) is 4.44. The van der Waals surface area contributed by atoms with Crippen molar-refractivity contribution >= 4 is 33.1 Å². The number of hydrogen-bond donors (Lipinski definition) is 0. The van der Waals surface area contributed by atoms with Gasteiger partial charge in [0.05, 0.1) is 5.69 Å². The van der Waals surface area contributed by atoms with E-state index in [0.29, 0.717) is 0 Å². The Balaban J connectivity index is 0.00000108. The van der Waals surface area contributed by atoms with Gasteiger partial charge in [0.25, 0.3) is 0 Å². The molecule has 1 aromatic carbocycles. The molecule has 1 radical (unpaired) electrons. The van der Waals surface area contributed by atoms with E-state index >= 15 is 0 Å². The maximum Gasteiger partial charge on any atom is 0.166 e. The van der Waals surface area contributed by atoms with Gasteiger partial charge in [-0.25, -0.2) is 0 Å². The molecule has 0 bridgehead atoms. The summed E-state index contributed by atoms with van der Waals surface area (Å²) >= 11 is 3.48. The van der Waals surface area contributed by atoms with Crippen molar-refractivity contribution in [1.82, 2.24) is 4.57 Å². The van der Waals surface area contributed by atoms with Gasteiger partial charge in [-0.3, -0.25) is 4.79 Å². The molecule has 1 fully saturated rings. The molecule has 0 saturated heterocycles. The van der Waals surface area contributed by atoms with E-state index in [1.54, 1.807) is 0 Å². The van der Waals surface area contributed by atoms with Crippen molar-refractivity contribution in [3.63, 3.8) is 0 Å². The molecule has 1 heterocycles. The maximum absolute atomic E-state index is 11.1. The Morgan fingerprint density at radius 2 is 2.12 bits per heavy atom. The quantitative estimate of drug-likeness (QED) is 0.621. The van der Waals surface area contributed by atoms with E-state index in [2.05, 4.69) is 32.6 Å². The van der Waals surface area contributed by atoms with Gasteiger partial charge in [-0.1, -0.05) is 22.0 Å². The molecule has 0 amide bonds. The van der Waals surface area contributed by atoms with Crippen molar-refractivity contribution in [2.24, 2.45) is 5.92 Å². The van der Waals surface area contributed by atoms with Gasteiger partial charge >= 0.3 is 0 Å². The summed E-state index contributed by atoms with van der Waals surface area (Å²) in [4.78, 5) is 11.1. The first-order valence-corrected chi connectivity index (χ1v) is 6.31. The number of fused-ring (bicyclic) bond motifs is 1. The minimum Gasteiger partial charge on any atom is -0.338 e. The fraction of sp³-hybridized carbons (Fsp3) is 0.308. The average Bonchev–Trinajstić information content (AvgIpc) is 3.02. The van der Waals surface area contributed by atoms with E-state index in [4.69, 9.17) is 0 Å². The van der Waals surface area contributed by atoms with Crippen molar-refractivity contribution in [1.29, 1.82) is 0 Å². The number of aromatic nitrogens is 1. The fourth-order valence-corrected chi connectivity index (χ4v) is 2.46. The standard InChI is InChI=1S/C13H12BrNO.Mn/c14-11-4-3-10-5-12(8-16)15(13(10)6-11)7-9-1-2-9;/h3-6,8-9H,1-2,7H2;. The normalized spacial score (nSPS) is 14.6. The molecule has 4 heteroatoms. The zero-order chi connectivity index (χ0) is 11.1. The van der Waals surface area contributed by atoms with E-state index in [0.717, 1.165) is 39.8 Å². The van der Waals surface area contributed by atoms with Crippen LogP contribution in [0, 0.1) is 5.92 Å². The van der Waals surface area contributed by atoms with Gasteiger partial charge in [0.2, 0.25) is 0 Å². The predicted molar refractivity (Wildman–Crippen MR) is 67.7 cm³/mol. The summed E-state index contributed by atoms with van der Waals surface area (Å²) in [5.74, 6) is 0.772. The molecule has 2 aromatic rings. The van der Waals surface area contributed by atoms with Crippen LogP contribution < -0.4 is 0 Å². The number of carbonyl (C=O) groups excluding carboxylic acids is 1.